The van der Waals surface area contributed by atoms with Crippen molar-refractivity contribution in [1.29, 1.82) is 0 Å². The maximum atomic E-state index is 12.9. The first kappa shape index (κ1) is 22.5. The van der Waals surface area contributed by atoms with Gasteiger partial charge in [-0.25, -0.2) is 4.98 Å². The lowest BCUT2D eigenvalue weighted by molar-refractivity contribution is 0.0625. The van der Waals surface area contributed by atoms with E-state index in [0.29, 0.717) is 48.9 Å². The summed E-state index contributed by atoms with van der Waals surface area (Å²) in [5.41, 5.74) is 1.62. The van der Waals surface area contributed by atoms with Gasteiger partial charge < -0.3 is 14.6 Å². The molecular formula is C24H30N4O3S. The lowest BCUT2D eigenvalue weighted by Gasteiger charge is -2.34. The average Bonchev–Trinajstić information content (AvgIpc) is 3.06. The number of hydrogen-bond acceptors (Lipinski definition) is 6. The molecule has 4 rings (SSSR count). The van der Waals surface area contributed by atoms with E-state index in [1.165, 1.54) is 0 Å². The number of fused-ring (bicyclic) bond motifs is 1. The van der Waals surface area contributed by atoms with Gasteiger partial charge in [0.2, 0.25) is 0 Å². The molecule has 1 saturated heterocycles. The van der Waals surface area contributed by atoms with E-state index in [-0.39, 0.29) is 11.5 Å². The minimum absolute atomic E-state index is 0.0394. The molecule has 170 valence electrons. The number of rotatable bonds is 6. The van der Waals surface area contributed by atoms with E-state index in [1.807, 2.05) is 43.0 Å². The Morgan fingerprint density at radius 3 is 2.50 bits per heavy atom. The summed E-state index contributed by atoms with van der Waals surface area (Å²) in [6.07, 6.45) is 0. The molecule has 32 heavy (non-hydrogen) atoms. The topological polar surface area (TPSA) is 78.5 Å². The molecule has 1 aromatic carbocycles. The molecule has 7 nitrogen and oxygen atoms in total. The molecule has 0 bridgehead atoms. The minimum Gasteiger partial charge on any atom is -0.493 e. The first-order valence-corrected chi connectivity index (χ1v) is 11.9. The van der Waals surface area contributed by atoms with E-state index in [2.05, 4.69) is 28.7 Å². The Morgan fingerprint density at radius 2 is 1.84 bits per heavy atom. The van der Waals surface area contributed by atoms with Gasteiger partial charge in [-0.3, -0.25) is 14.5 Å². The number of nitrogens with zero attached hydrogens (tertiary/aromatic N) is 3. The van der Waals surface area contributed by atoms with Crippen LogP contribution in [-0.4, -0.2) is 58.5 Å². The second kappa shape index (κ2) is 9.42. The van der Waals surface area contributed by atoms with E-state index >= 15 is 0 Å². The molecule has 0 saturated carbocycles. The second-order valence-corrected chi connectivity index (χ2v) is 9.98. The van der Waals surface area contributed by atoms with E-state index in [4.69, 9.17) is 4.74 Å². The second-order valence-electron chi connectivity index (χ2n) is 8.77. The molecule has 1 fully saturated rings. The van der Waals surface area contributed by atoms with Crippen LogP contribution in [0.15, 0.2) is 29.1 Å². The molecule has 3 heterocycles. The summed E-state index contributed by atoms with van der Waals surface area (Å²) in [4.78, 5) is 39.0. The third kappa shape index (κ3) is 4.86. The lowest BCUT2D eigenvalue weighted by Crippen LogP contribution is -2.48. The highest BCUT2D eigenvalue weighted by Crippen LogP contribution is 2.26. The monoisotopic (exact) mass is 454 g/mol. The predicted octanol–water partition coefficient (Wildman–Crippen LogP) is 3.59. The van der Waals surface area contributed by atoms with Gasteiger partial charge in [0.1, 0.15) is 16.4 Å². The number of piperazine rings is 1. The Bertz CT molecular complexity index is 1160. The Labute approximate surface area is 192 Å². The van der Waals surface area contributed by atoms with Crippen LogP contribution >= 0.6 is 11.3 Å². The van der Waals surface area contributed by atoms with Crippen LogP contribution in [0, 0.1) is 19.8 Å². The van der Waals surface area contributed by atoms with Crippen molar-refractivity contribution in [2.45, 2.75) is 34.2 Å². The molecule has 3 aromatic rings. The zero-order valence-corrected chi connectivity index (χ0v) is 19.9. The number of thiophene rings is 1. The van der Waals surface area contributed by atoms with Crippen LogP contribution in [0.3, 0.4) is 0 Å². The molecular weight excluding hydrogens is 424 g/mol. The van der Waals surface area contributed by atoms with Crippen LogP contribution in [0.4, 0.5) is 0 Å². The van der Waals surface area contributed by atoms with E-state index < -0.39 is 0 Å². The number of aryl methyl sites for hydroxylation is 2. The van der Waals surface area contributed by atoms with Gasteiger partial charge >= 0.3 is 0 Å². The highest BCUT2D eigenvalue weighted by Gasteiger charge is 2.23. The number of carbonyl (C=O) groups excluding carboxylic acids is 1. The van der Waals surface area contributed by atoms with Gasteiger partial charge in [0, 0.05) is 36.6 Å². The minimum atomic E-state index is -0.0681. The molecule has 0 aliphatic carbocycles. The third-order valence-electron chi connectivity index (χ3n) is 5.81. The van der Waals surface area contributed by atoms with Crippen molar-refractivity contribution >= 4 is 27.5 Å². The van der Waals surface area contributed by atoms with Gasteiger partial charge in [0.05, 0.1) is 18.5 Å². The Kier molecular flexibility index (Phi) is 6.62. The lowest BCUT2D eigenvalue weighted by atomic mass is 10.1. The standard InChI is InChI=1S/C24H30N4O3S/c1-15(2)14-31-19-7-5-18(6-8-19)24(30)28-11-9-27(10-12-28)13-20-25-22(29)21-16(3)17(4)32-23(21)26-20/h5-8,15H,9-14H2,1-4H3,(H,25,26,29). The smallest absolute Gasteiger partial charge is 0.259 e. The highest BCUT2D eigenvalue weighted by atomic mass is 32.1. The van der Waals surface area contributed by atoms with Gasteiger partial charge in [-0.1, -0.05) is 13.8 Å². The molecule has 0 unspecified atom stereocenters. The fourth-order valence-corrected chi connectivity index (χ4v) is 4.88. The largest absolute Gasteiger partial charge is 0.493 e. The first-order valence-electron chi connectivity index (χ1n) is 11.0. The fraction of sp³-hybridized carbons (Fsp3) is 0.458. The number of nitrogens with one attached hydrogen (secondary N) is 1. The van der Waals surface area contributed by atoms with Crippen molar-refractivity contribution in [2.75, 3.05) is 32.8 Å². The molecule has 1 amide bonds. The Balaban J connectivity index is 1.34. The predicted molar refractivity (Wildman–Crippen MR) is 128 cm³/mol. The molecule has 1 aliphatic heterocycles. The summed E-state index contributed by atoms with van der Waals surface area (Å²) in [6.45, 7) is 12.2. The quantitative estimate of drug-likeness (QED) is 0.616. The number of H-pyrrole nitrogens is 1. The number of hydrogen-bond donors (Lipinski definition) is 1. The van der Waals surface area contributed by atoms with E-state index in [9.17, 15) is 9.59 Å². The van der Waals surface area contributed by atoms with Crippen LogP contribution in [0.2, 0.25) is 0 Å². The summed E-state index contributed by atoms with van der Waals surface area (Å²) in [5, 5.41) is 0.701. The SMILES string of the molecule is Cc1sc2nc(CN3CCN(C(=O)c4ccc(OCC(C)C)cc4)CC3)[nH]c(=O)c2c1C. The number of ether oxygens (including phenoxy) is 1. The van der Waals surface area contributed by atoms with Crippen molar-refractivity contribution in [1.82, 2.24) is 19.8 Å². The van der Waals surface area contributed by atoms with Gasteiger partial charge in [-0.05, 0) is 49.6 Å². The van der Waals surface area contributed by atoms with Crippen LogP contribution in [0.1, 0.15) is 40.5 Å². The molecule has 1 aliphatic rings. The normalized spacial score (nSPS) is 15.0. The van der Waals surface area contributed by atoms with Crippen molar-refractivity contribution in [2.24, 2.45) is 5.92 Å². The average molecular weight is 455 g/mol. The number of carbonyl (C=O) groups is 1. The van der Waals surface area contributed by atoms with Crippen molar-refractivity contribution in [3.63, 3.8) is 0 Å². The van der Waals surface area contributed by atoms with Crippen LogP contribution in [0.25, 0.3) is 10.2 Å². The van der Waals surface area contributed by atoms with Crippen molar-refractivity contribution in [3.05, 3.63) is 56.4 Å². The zero-order chi connectivity index (χ0) is 22.8. The molecule has 0 radical (unpaired) electrons. The third-order valence-corrected chi connectivity index (χ3v) is 6.91. The number of amides is 1. The summed E-state index contributed by atoms with van der Waals surface area (Å²) in [5.74, 6) is 1.97. The van der Waals surface area contributed by atoms with Crippen molar-refractivity contribution < 1.29 is 9.53 Å². The Hall–Kier alpha value is -2.71. The summed E-state index contributed by atoms with van der Waals surface area (Å²) in [7, 11) is 0. The fourth-order valence-electron chi connectivity index (χ4n) is 3.83. The number of benzene rings is 1. The summed E-state index contributed by atoms with van der Waals surface area (Å²) >= 11 is 1.56. The number of aromatic amines is 1. The molecule has 1 N–H and O–H groups in total. The summed E-state index contributed by atoms with van der Waals surface area (Å²) in [6, 6.07) is 7.38. The molecule has 2 aromatic heterocycles. The molecule has 0 atom stereocenters. The van der Waals surface area contributed by atoms with Crippen LogP contribution in [-0.2, 0) is 6.54 Å². The van der Waals surface area contributed by atoms with Crippen LogP contribution in [0.5, 0.6) is 5.75 Å². The Morgan fingerprint density at radius 1 is 1.16 bits per heavy atom. The van der Waals surface area contributed by atoms with E-state index in [0.717, 1.165) is 34.1 Å². The maximum Gasteiger partial charge on any atom is 0.259 e. The van der Waals surface area contributed by atoms with Gasteiger partial charge in [-0.15, -0.1) is 11.3 Å². The van der Waals surface area contributed by atoms with E-state index in [1.54, 1.807) is 11.3 Å². The number of aromatic nitrogens is 2. The molecule has 8 heteroatoms. The van der Waals surface area contributed by atoms with Gasteiger partial charge in [0.25, 0.3) is 11.5 Å². The van der Waals surface area contributed by atoms with Crippen LogP contribution < -0.4 is 10.3 Å². The zero-order valence-electron chi connectivity index (χ0n) is 19.1. The summed E-state index contributed by atoms with van der Waals surface area (Å²) < 4.78 is 5.70. The highest BCUT2D eigenvalue weighted by molar-refractivity contribution is 7.18. The van der Waals surface area contributed by atoms with Crippen molar-refractivity contribution in [3.8, 4) is 5.75 Å². The van der Waals surface area contributed by atoms with Gasteiger partial charge in [-0.2, -0.15) is 0 Å². The maximum absolute atomic E-state index is 12.9. The first-order chi connectivity index (χ1) is 15.3. The molecule has 0 spiro atoms. The van der Waals surface area contributed by atoms with Gasteiger partial charge in [0.15, 0.2) is 0 Å².